The number of halogens is 3. The third kappa shape index (κ3) is 4.89. The number of alkyl halides is 2. The lowest BCUT2D eigenvalue weighted by molar-refractivity contribution is 0.0111. The first kappa shape index (κ1) is 25.1. The van der Waals surface area contributed by atoms with Crippen LogP contribution in [0.2, 0.25) is 0 Å². The van der Waals surface area contributed by atoms with Crippen molar-refractivity contribution in [2.45, 2.75) is 70.8 Å². The summed E-state index contributed by atoms with van der Waals surface area (Å²) < 4.78 is 44.6. The molecule has 1 fully saturated rings. The van der Waals surface area contributed by atoms with Gasteiger partial charge in [0.25, 0.3) is 11.5 Å². The van der Waals surface area contributed by atoms with Crippen LogP contribution in [0.4, 0.5) is 13.2 Å². The summed E-state index contributed by atoms with van der Waals surface area (Å²) in [7, 11) is 0. The lowest BCUT2D eigenvalue weighted by Crippen LogP contribution is -2.29. The Morgan fingerprint density at radius 2 is 1.70 bits per heavy atom. The molecule has 5 rings (SSSR count). The first-order chi connectivity index (χ1) is 17.6. The van der Waals surface area contributed by atoms with Gasteiger partial charge in [0.2, 0.25) is 0 Å². The molecule has 192 valence electrons. The monoisotopic (exact) mass is 506 g/mol. The van der Waals surface area contributed by atoms with E-state index in [1.165, 1.54) is 23.0 Å². The Bertz CT molecular complexity index is 1500. The molecule has 1 saturated carbocycles. The van der Waals surface area contributed by atoms with Crippen LogP contribution < -0.4 is 5.56 Å². The van der Waals surface area contributed by atoms with Crippen LogP contribution >= 0.6 is 0 Å². The smallest absolute Gasteiger partial charge is 0.286 e. The Morgan fingerprint density at radius 3 is 2.41 bits per heavy atom. The van der Waals surface area contributed by atoms with Gasteiger partial charge in [0.05, 0.1) is 12.2 Å². The van der Waals surface area contributed by atoms with E-state index in [0.29, 0.717) is 16.9 Å². The predicted molar refractivity (Wildman–Crippen MR) is 137 cm³/mol. The van der Waals surface area contributed by atoms with Crippen LogP contribution in [-0.4, -0.2) is 19.5 Å². The average Bonchev–Trinajstić information content (AvgIpc) is 2.86. The number of hydrogen-bond acceptors (Lipinski definition) is 4. The van der Waals surface area contributed by atoms with Crippen molar-refractivity contribution in [3.63, 3.8) is 0 Å². The van der Waals surface area contributed by atoms with E-state index in [9.17, 15) is 18.0 Å². The molecule has 1 aliphatic carbocycles. The molecule has 0 bridgehead atoms. The van der Waals surface area contributed by atoms with E-state index in [-0.39, 0.29) is 35.5 Å². The quantitative estimate of drug-likeness (QED) is 0.308. The highest BCUT2D eigenvalue weighted by Crippen LogP contribution is 2.41. The minimum atomic E-state index is -3.20. The van der Waals surface area contributed by atoms with Crippen LogP contribution in [0.25, 0.3) is 11.0 Å². The maximum absolute atomic E-state index is 14.6. The zero-order valence-electron chi connectivity index (χ0n) is 21.1. The Labute approximate surface area is 213 Å². The fourth-order valence-electron chi connectivity index (χ4n) is 5.66. The molecule has 37 heavy (non-hydrogen) atoms. The standard InChI is InChI=1S/C29H29F3N4O/c1-17-5-4-6-23(30)25(17)20-11-9-19(10-12-20)22-15-21-8-7-18(2)35-27(21)36(28(22)37)16-24-26(29(3,31)32)34-14-13-33-24/h4-8,13-15,19-20H,9-12,16H2,1-3H3. The van der Waals surface area contributed by atoms with Crippen molar-refractivity contribution in [2.24, 2.45) is 0 Å². The van der Waals surface area contributed by atoms with Crippen molar-refractivity contribution in [2.75, 3.05) is 0 Å². The number of fused-ring (bicyclic) bond motifs is 1. The summed E-state index contributed by atoms with van der Waals surface area (Å²) in [6.45, 7) is 4.37. The number of rotatable bonds is 5. The van der Waals surface area contributed by atoms with Crippen LogP contribution in [0.3, 0.4) is 0 Å². The maximum atomic E-state index is 14.6. The van der Waals surface area contributed by atoms with Gasteiger partial charge in [-0.15, -0.1) is 0 Å². The number of hydrogen-bond donors (Lipinski definition) is 0. The largest absolute Gasteiger partial charge is 0.288 e. The topological polar surface area (TPSA) is 60.7 Å². The van der Waals surface area contributed by atoms with E-state index >= 15 is 0 Å². The molecule has 0 amide bonds. The summed E-state index contributed by atoms with van der Waals surface area (Å²) in [5.74, 6) is -3.28. The van der Waals surface area contributed by atoms with E-state index in [0.717, 1.165) is 49.1 Å². The Kier molecular flexibility index (Phi) is 6.60. The summed E-state index contributed by atoms with van der Waals surface area (Å²) in [5.41, 5.74) is 2.83. The van der Waals surface area contributed by atoms with E-state index in [1.54, 1.807) is 6.07 Å². The number of aromatic nitrogens is 4. The van der Waals surface area contributed by atoms with Crippen molar-refractivity contribution >= 4 is 11.0 Å². The van der Waals surface area contributed by atoms with Crippen LogP contribution in [0, 0.1) is 19.7 Å². The van der Waals surface area contributed by atoms with Crippen LogP contribution in [0.1, 0.15) is 78.2 Å². The van der Waals surface area contributed by atoms with Crippen molar-refractivity contribution in [3.8, 4) is 0 Å². The Hall–Kier alpha value is -3.55. The molecule has 0 atom stereocenters. The summed E-state index contributed by atoms with van der Waals surface area (Å²) in [4.78, 5) is 26.4. The van der Waals surface area contributed by atoms with Gasteiger partial charge in [0, 0.05) is 36.0 Å². The first-order valence-corrected chi connectivity index (χ1v) is 12.6. The minimum Gasteiger partial charge on any atom is -0.286 e. The molecule has 8 heteroatoms. The third-order valence-electron chi connectivity index (χ3n) is 7.45. The average molecular weight is 507 g/mol. The van der Waals surface area contributed by atoms with Crippen LogP contribution in [0.5, 0.6) is 0 Å². The molecule has 0 N–H and O–H groups in total. The molecule has 3 heterocycles. The van der Waals surface area contributed by atoms with E-state index in [2.05, 4.69) is 15.0 Å². The minimum absolute atomic E-state index is 0.0123. The Morgan fingerprint density at radius 1 is 1.00 bits per heavy atom. The van der Waals surface area contributed by atoms with Gasteiger partial charge in [-0.25, -0.2) is 9.37 Å². The van der Waals surface area contributed by atoms with E-state index < -0.39 is 11.6 Å². The fourth-order valence-corrected chi connectivity index (χ4v) is 5.66. The van der Waals surface area contributed by atoms with Gasteiger partial charge in [0.15, 0.2) is 0 Å². The van der Waals surface area contributed by atoms with Gasteiger partial charge in [-0.05, 0) is 86.8 Å². The van der Waals surface area contributed by atoms with Gasteiger partial charge >= 0.3 is 0 Å². The van der Waals surface area contributed by atoms with Gasteiger partial charge < -0.3 is 0 Å². The highest BCUT2D eigenvalue weighted by molar-refractivity contribution is 5.76. The second-order valence-corrected chi connectivity index (χ2v) is 10.1. The lowest BCUT2D eigenvalue weighted by Gasteiger charge is -2.30. The summed E-state index contributed by atoms with van der Waals surface area (Å²) in [6.07, 6.45) is 5.60. The van der Waals surface area contributed by atoms with Crippen LogP contribution in [-0.2, 0) is 12.5 Å². The molecule has 0 radical (unpaired) electrons. The van der Waals surface area contributed by atoms with Crippen molar-refractivity contribution in [1.82, 2.24) is 19.5 Å². The predicted octanol–water partition coefficient (Wildman–Crippen LogP) is 6.54. The summed E-state index contributed by atoms with van der Waals surface area (Å²) in [6, 6.07) is 10.8. The fraction of sp³-hybridized carbons (Fsp3) is 0.379. The summed E-state index contributed by atoms with van der Waals surface area (Å²) >= 11 is 0. The maximum Gasteiger partial charge on any atom is 0.288 e. The number of aryl methyl sites for hydroxylation is 2. The molecule has 0 aliphatic heterocycles. The highest BCUT2D eigenvalue weighted by atomic mass is 19.3. The Balaban J connectivity index is 1.53. The number of nitrogens with zero attached hydrogens (tertiary/aromatic N) is 4. The van der Waals surface area contributed by atoms with Gasteiger partial charge in [0.1, 0.15) is 17.2 Å². The second kappa shape index (κ2) is 9.72. The zero-order chi connectivity index (χ0) is 26.3. The zero-order valence-corrected chi connectivity index (χ0v) is 21.1. The third-order valence-corrected chi connectivity index (χ3v) is 7.45. The van der Waals surface area contributed by atoms with Gasteiger partial charge in [-0.1, -0.05) is 12.1 Å². The van der Waals surface area contributed by atoms with Gasteiger partial charge in [-0.3, -0.25) is 19.3 Å². The SMILES string of the molecule is Cc1ccc2cc(C3CCC(c4c(C)cccc4F)CC3)c(=O)n(Cc3nccnc3C(C)(F)F)c2n1. The molecule has 1 aromatic carbocycles. The van der Waals surface area contributed by atoms with E-state index in [1.807, 2.05) is 38.1 Å². The molecule has 5 nitrogen and oxygen atoms in total. The number of pyridine rings is 2. The van der Waals surface area contributed by atoms with Crippen LogP contribution in [0.15, 0.2) is 53.6 Å². The van der Waals surface area contributed by atoms with Crippen molar-refractivity contribution < 1.29 is 13.2 Å². The molecular formula is C29H29F3N4O. The molecule has 0 spiro atoms. The van der Waals surface area contributed by atoms with E-state index in [4.69, 9.17) is 0 Å². The molecule has 0 saturated heterocycles. The normalized spacial score (nSPS) is 18.3. The van der Waals surface area contributed by atoms with Crippen molar-refractivity contribution in [3.05, 3.63) is 98.7 Å². The molecule has 4 aromatic rings. The lowest BCUT2D eigenvalue weighted by atomic mass is 9.75. The molecule has 1 aliphatic rings. The van der Waals surface area contributed by atoms with Gasteiger partial charge in [-0.2, -0.15) is 8.78 Å². The number of benzene rings is 1. The van der Waals surface area contributed by atoms with Crippen molar-refractivity contribution in [1.29, 1.82) is 0 Å². The second-order valence-electron chi connectivity index (χ2n) is 10.1. The first-order valence-electron chi connectivity index (χ1n) is 12.6. The molecular weight excluding hydrogens is 477 g/mol. The highest BCUT2D eigenvalue weighted by Gasteiger charge is 2.32. The summed E-state index contributed by atoms with van der Waals surface area (Å²) in [5, 5.41) is 0.765. The molecule has 3 aromatic heterocycles. The molecule has 0 unspecified atom stereocenters.